The molecule has 12 aromatic rings. The number of aldehydes is 1. The summed E-state index contributed by atoms with van der Waals surface area (Å²) in [7, 11) is 1.30. The standard InChI is InChI=1S/C18H14O4.C16H16O5.C15H12O4.C15H10O4.C8H8O3.C7H6O3/c1-11-3-5-13(6-4-11)16-9-14-7-8-15(21-12(2)19)10-17(14)22-18(16)20;1-21-16(20)14(10-2-5-12(17)6-3-10)8-11-4-7-13(18)9-15(11)19;2*16-11-4-1-9(2-5-11)13-7-10-3-6-12(17)8-14(10)19-15(13)18;9-7-3-1-6(2-4-7)5-8(10)11;8-4-5-1-2-6(9)3-7(5)10/h3-10H,1-2H3;2-7,9,14,17-19H,8H2,1H3;1-6,8,13,16-17H,7H2;1-8,16-17H;1-4,9H,5H2,(H,10,11);1-4,9-10H. The van der Waals surface area contributed by atoms with Gasteiger partial charge in [-0.25, -0.2) is 9.59 Å². The van der Waals surface area contributed by atoms with E-state index in [0.717, 1.165) is 39.1 Å². The van der Waals surface area contributed by atoms with Gasteiger partial charge in [0, 0.05) is 48.0 Å². The summed E-state index contributed by atoms with van der Waals surface area (Å²) in [6, 6.07) is 58.7. The van der Waals surface area contributed by atoms with Gasteiger partial charge in [-0.1, -0.05) is 90.5 Å². The molecular weight excluding hydrogens is 1320 g/mol. The van der Waals surface area contributed by atoms with Crippen molar-refractivity contribution in [1.29, 1.82) is 0 Å². The minimum absolute atomic E-state index is 0.000278. The SMILES string of the molecule is CC(=O)Oc1ccc2cc(-c3ccc(C)cc3)c(=O)oc2c1.COC(=O)C(Cc1ccc(O)cc1O)c1ccc(O)cc1.O=C(O)Cc1ccc(O)cc1.O=C1Oc2cc(O)ccc2CC1c1ccc(O)cc1.O=Cc1ccc(O)cc1O.O=c1oc2cc(O)ccc2cc1-c1ccc(O)cc1. The van der Waals surface area contributed by atoms with Crippen LogP contribution < -0.4 is 20.7 Å². The molecule has 23 heteroatoms. The molecule has 23 nitrogen and oxygen atoms in total. The first kappa shape index (κ1) is 74.0. The maximum atomic E-state index is 12.2. The highest BCUT2D eigenvalue weighted by Crippen LogP contribution is 2.37. The third-order valence-electron chi connectivity index (χ3n) is 15.2. The largest absolute Gasteiger partial charge is 0.508 e. The number of fused-ring (bicyclic) bond motifs is 3. The van der Waals surface area contributed by atoms with Gasteiger partial charge in [-0.2, -0.15) is 0 Å². The number of ether oxygens (including phenoxy) is 3. The van der Waals surface area contributed by atoms with Crippen molar-refractivity contribution in [3.05, 3.63) is 284 Å². The van der Waals surface area contributed by atoms with Crippen LogP contribution in [0.15, 0.2) is 243 Å². The number of esters is 3. The van der Waals surface area contributed by atoms with Gasteiger partial charge in [-0.15, -0.1) is 0 Å². The summed E-state index contributed by atoms with van der Waals surface area (Å²) in [5.41, 5.74) is 7.11. The molecule has 0 bridgehead atoms. The van der Waals surface area contributed by atoms with Crippen LogP contribution in [-0.2, 0) is 43.2 Å². The summed E-state index contributed by atoms with van der Waals surface area (Å²) < 4.78 is 25.6. The number of carbonyl (C=O) groups is 5. The van der Waals surface area contributed by atoms with Crippen molar-refractivity contribution >= 4 is 52.1 Å². The molecule has 102 heavy (non-hydrogen) atoms. The van der Waals surface area contributed by atoms with Crippen molar-refractivity contribution in [2.24, 2.45) is 0 Å². The van der Waals surface area contributed by atoms with E-state index < -0.39 is 35.1 Å². The first-order valence-electron chi connectivity index (χ1n) is 30.8. The summed E-state index contributed by atoms with van der Waals surface area (Å²) in [4.78, 5) is 79.3. The normalized spacial score (nSPS) is 12.0. The maximum absolute atomic E-state index is 12.2. The first-order chi connectivity index (χ1) is 48.7. The molecule has 11 N–H and O–H groups in total. The Kier molecular flexibility index (Phi) is 24.9. The molecular formula is C79H66O23. The molecule has 2 aromatic heterocycles. The lowest BCUT2D eigenvalue weighted by Gasteiger charge is -2.23. The number of carboxylic acid groups (broad SMARTS) is 1. The van der Waals surface area contributed by atoms with Crippen LogP contribution >= 0.6 is 0 Å². The molecule has 0 spiro atoms. The Bertz CT molecular complexity index is 5060. The molecule has 0 saturated carbocycles. The fourth-order valence-corrected chi connectivity index (χ4v) is 10.00. The summed E-state index contributed by atoms with van der Waals surface area (Å²) in [6.07, 6.45) is 1.28. The smallest absolute Gasteiger partial charge is 0.344 e. The minimum atomic E-state index is -0.865. The second kappa shape index (κ2) is 34.4. The average Bonchev–Trinajstić information content (AvgIpc) is 0.810. The van der Waals surface area contributed by atoms with Crippen LogP contribution in [0.4, 0.5) is 0 Å². The summed E-state index contributed by atoms with van der Waals surface area (Å²) >= 11 is 0. The average molecular weight is 1380 g/mol. The number of carboxylic acids is 1. The Morgan fingerprint density at radius 3 is 1.53 bits per heavy atom. The zero-order valence-electron chi connectivity index (χ0n) is 54.5. The molecule has 10 aromatic carbocycles. The molecule has 13 rings (SSSR count). The number of hydrogen-bond donors (Lipinski definition) is 11. The number of rotatable bonds is 11. The summed E-state index contributed by atoms with van der Waals surface area (Å²) in [5.74, 6) is -1.97. The highest BCUT2D eigenvalue weighted by Gasteiger charge is 2.30. The molecule has 1 aliphatic heterocycles. The van der Waals surface area contributed by atoms with E-state index in [0.29, 0.717) is 68.8 Å². The van der Waals surface area contributed by atoms with Crippen molar-refractivity contribution in [1.82, 2.24) is 0 Å². The van der Waals surface area contributed by atoms with Gasteiger partial charge in [0.1, 0.15) is 80.2 Å². The van der Waals surface area contributed by atoms with E-state index in [1.807, 2.05) is 31.2 Å². The Hall–Kier alpha value is -13.8. The van der Waals surface area contributed by atoms with Gasteiger partial charge in [0.15, 0.2) is 6.29 Å². The Balaban J connectivity index is 0.000000158. The predicted molar refractivity (Wildman–Crippen MR) is 374 cm³/mol. The molecule has 0 radical (unpaired) electrons. The van der Waals surface area contributed by atoms with Crippen LogP contribution in [0, 0.1) is 6.92 Å². The van der Waals surface area contributed by atoms with Gasteiger partial charge in [0.05, 0.1) is 42.1 Å². The first-order valence-corrected chi connectivity index (χ1v) is 30.8. The van der Waals surface area contributed by atoms with Crippen molar-refractivity contribution in [3.63, 3.8) is 0 Å². The van der Waals surface area contributed by atoms with Gasteiger partial charge in [0.2, 0.25) is 0 Å². The van der Waals surface area contributed by atoms with Crippen molar-refractivity contribution in [2.45, 2.75) is 44.9 Å². The molecule has 0 fully saturated rings. The number of hydrogen-bond acceptors (Lipinski definition) is 22. The van der Waals surface area contributed by atoms with Crippen molar-refractivity contribution < 1.29 is 103 Å². The number of phenolic OH excluding ortho intramolecular Hbond substituents is 10. The van der Waals surface area contributed by atoms with E-state index in [1.54, 1.807) is 109 Å². The summed E-state index contributed by atoms with van der Waals surface area (Å²) in [5, 5.41) is 102. The highest BCUT2D eigenvalue weighted by molar-refractivity contribution is 5.86. The Labute approximate surface area is 580 Å². The fraction of sp³-hybridized carbons (Fsp3) is 0.101. The molecule has 3 heterocycles. The van der Waals surface area contributed by atoms with E-state index in [9.17, 15) is 69.3 Å². The molecule has 0 amide bonds. The van der Waals surface area contributed by atoms with E-state index in [4.69, 9.17) is 43.5 Å². The van der Waals surface area contributed by atoms with Crippen LogP contribution in [0.25, 0.3) is 44.2 Å². The summed E-state index contributed by atoms with van der Waals surface area (Å²) in [6.45, 7) is 3.31. The van der Waals surface area contributed by atoms with Crippen molar-refractivity contribution in [3.8, 4) is 91.2 Å². The van der Waals surface area contributed by atoms with Crippen LogP contribution in [-0.4, -0.2) is 93.4 Å². The van der Waals surface area contributed by atoms with Gasteiger partial charge in [-0.05, 0) is 168 Å². The lowest BCUT2D eigenvalue weighted by atomic mass is 9.89. The van der Waals surface area contributed by atoms with Crippen LogP contribution in [0.5, 0.6) is 69.0 Å². The van der Waals surface area contributed by atoms with E-state index in [-0.39, 0.29) is 87.8 Å². The fourth-order valence-electron chi connectivity index (χ4n) is 10.00. The second-order valence-electron chi connectivity index (χ2n) is 22.7. The number of methoxy groups -OCH3 is 1. The molecule has 1 aliphatic rings. The molecule has 520 valence electrons. The third kappa shape index (κ3) is 20.8. The highest BCUT2D eigenvalue weighted by atomic mass is 16.5. The monoisotopic (exact) mass is 1380 g/mol. The molecule has 0 aliphatic carbocycles. The molecule has 2 atom stereocenters. The molecule has 0 saturated heterocycles. The van der Waals surface area contributed by atoms with Crippen LogP contribution in [0.3, 0.4) is 0 Å². The lowest BCUT2D eigenvalue weighted by molar-refractivity contribution is -0.142. The third-order valence-corrected chi connectivity index (χ3v) is 15.2. The van der Waals surface area contributed by atoms with Crippen LogP contribution in [0.1, 0.15) is 62.5 Å². The minimum Gasteiger partial charge on any atom is -0.508 e. The quantitative estimate of drug-likeness (QED) is 0.0248. The Morgan fingerprint density at radius 2 is 0.990 bits per heavy atom. The van der Waals surface area contributed by atoms with E-state index in [1.165, 1.54) is 99.0 Å². The number of aryl methyl sites for hydroxylation is 1. The maximum Gasteiger partial charge on any atom is 0.344 e. The zero-order valence-corrected chi connectivity index (χ0v) is 54.5. The van der Waals surface area contributed by atoms with Crippen molar-refractivity contribution in [2.75, 3.05) is 7.11 Å². The lowest BCUT2D eigenvalue weighted by Crippen LogP contribution is -2.25. The van der Waals surface area contributed by atoms with Gasteiger partial charge >= 0.3 is 35.1 Å². The number of aliphatic carboxylic acids is 1. The predicted octanol–water partition coefficient (Wildman–Crippen LogP) is 13.1. The topological polar surface area (TPSA) is 396 Å². The number of aromatic hydroxyl groups is 10. The van der Waals surface area contributed by atoms with Crippen LogP contribution in [0.2, 0.25) is 0 Å². The molecule has 2 unspecified atom stereocenters. The van der Waals surface area contributed by atoms with Gasteiger partial charge in [0.25, 0.3) is 0 Å². The Morgan fingerprint density at radius 1 is 0.520 bits per heavy atom. The zero-order chi connectivity index (χ0) is 73.7. The van der Waals surface area contributed by atoms with Gasteiger partial charge < -0.3 is 79.2 Å². The van der Waals surface area contributed by atoms with Gasteiger partial charge in [-0.3, -0.25) is 24.0 Å². The number of phenols is 10. The number of benzene rings is 10. The van der Waals surface area contributed by atoms with E-state index >= 15 is 0 Å². The second-order valence-corrected chi connectivity index (χ2v) is 22.7. The van der Waals surface area contributed by atoms with E-state index in [2.05, 4.69) is 0 Å². The number of carbonyl (C=O) groups excluding carboxylic acids is 4.